The maximum atomic E-state index is 12.4. The third-order valence-corrected chi connectivity index (χ3v) is 3.12. The summed E-state index contributed by atoms with van der Waals surface area (Å²) in [4.78, 5) is 15.3. The Bertz CT molecular complexity index is 797. The highest BCUT2D eigenvalue weighted by molar-refractivity contribution is 6.34. The maximum Gasteiger partial charge on any atom is 0.281 e. The van der Waals surface area contributed by atoms with Gasteiger partial charge in [0.25, 0.3) is 5.56 Å². The third-order valence-electron chi connectivity index (χ3n) is 2.82. The quantitative estimate of drug-likeness (QED) is 0.722. The van der Waals surface area contributed by atoms with Gasteiger partial charge in [0.05, 0.1) is 24.0 Å². The zero-order valence-electron chi connectivity index (χ0n) is 9.81. The molecular formula is C11H10ClN5O. The molecule has 0 radical (unpaired) electrons. The zero-order valence-corrected chi connectivity index (χ0v) is 10.6. The molecule has 1 N–H and O–H groups in total. The van der Waals surface area contributed by atoms with Crippen molar-refractivity contribution in [1.82, 2.24) is 24.5 Å². The Labute approximate surface area is 107 Å². The number of H-pyrrole nitrogens is 1. The monoisotopic (exact) mass is 263 g/mol. The molecule has 0 unspecified atom stereocenters. The van der Waals surface area contributed by atoms with Crippen molar-refractivity contribution in [2.45, 2.75) is 6.92 Å². The van der Waals surface area contributed by atoms with Gasteiger partial charge in [-0.05, 0) is 6.92 Å². The van der Waals surface area contributed by atoms with E-state index >= 15 is 0 Å². The smallest absolute Gasteiger partial charge is 0.281 e. The van der Waals surface area contributed by atoms with E-state index in [2.05, 4.69) is 15.2 Å². The van der Waals surface area contributed by atoms with Crippen molar-refractivity contribution in [3.8, 4) is 5.69 Å². The number of aromatic amines is 1. The zero-order chi connectivity index (χ0) is 12.9. The summed E-state index contributed by atoms with van der Waals surface area (Å²) in [6.07, 6.45) is 4.89. The number of rotatable bonds is 1. The van der Waals surface area contributed by atoms with Crippen LogP contribution in [0.4, 0.5) is 0 Å². The van der Waals surface area contributed by atoms with Crippen LogP contribution >= 0.6 is 11.6 Å². The Balaban J connectivity index is 2.36. The summed E-state index contributed by atoms with van der Waals surface area (Å²) in [5.74, 6) is 0. The number of aromatic nitrogens is 5. The number of halogens is 1. The molecule has 3 heterocycles. The second-order valence-electron chi connectivity index (χ2n) is 4.09. The molecule has 0 bridgehead atoms. The van der Waals surface area contributed by atoms with Crippen LogP contribution in [-0.2, 0) is 7.05 Å². The second-order valence-corrected chi connectivity index (χ2v) is 4.46. The number of aryl methyl sites for hydroxylation is 2. The van der Waals surface area contributed by atoms with E-state index in [1.165, 1.54) is 4.68 Å². The normalized spacial score (nSPS) is 11.3. The summed E-state index contributed by atoms with van der Waals surface area (Å²) in [6.45, 7) is 1.81. The highest BCUT2D eigenvalue weighted by Crippen LogP contribution is 2.22. The Kier molecular flexibility index (Phi) is 2.27. The van der Waals surface area contributed by atoms with Crippen molar-refractivity contribution in [3.63, 3.8) is 0 Å². The molecule has 0 aliphatic heterocycles. The molecule has 0 spiro atoms. The first-order chi connectivity index (χ1) is 8.58. The Morgan fingerprint density at radius 1 is 1.33 bits per heavy atom. The number of nitrogens with zero attached hydrogens (tertiary/aromatic N) is 4. The van der Waals surface area contributed by atoms with Gasteiger partial charge in [-0.25, -0.2) is 0 Å². The molecule has 7 heteroatoms. The maximum absolute atomic E-state index is 12.4. The van der Waals surface area contributed by atoms with E-state index in [1.807, 2.05) is 6.92 Å². The summed E-state index contributed by atoms with van der Waals surface area (Å²) in [7, 11) is 1.78. The van der Waals surface area contributed by atoms with Crippen LogP contribution in [0.25, 0.3) is 16.5 Å². The van der Waals surface area contributed by atoms with Gasteiger partial charge < -0.3 is 4.98 Å². The van der Waals surface area contributed by atoms with E-state index < -0.39 is 0 Å². The van der Waals surface area contributed by atoms with Crippen molar-refractivity contribution in [1.29, 1.82) is 0 Å². The van der Waals surface area contributed by atoms with Crippen molar-refractivity contribution < 1.29 is 0 Å². The molecule has 18 heavy (non-hydrogen) atoms. The van der Waals surface area contributed by atoms with Crippen LogP contribution < -0.4 is 5.56 Å². The minimum atomic E-state index is -0.207. The molecular weight excluding hydrogens is 254 g/mol. The largest absolute Gasteiger partial charge is 0.349 e. The van der Waals surface area contributed by atoms with Crippen molar-refractivity contribution in [2.75, 3.05) is 0 Å². The lowest BCUT2D eigenvalue weighted by Gasteiger charge is -2.00. The van der Waals surface area contributed by atoms with E-state index in [-0.39, 0.29) is 5.56 Å². The molecule has 0 saturated heterocycles. The molecule has 3 aromatic rings. The number of hydrogen-bond acceptors (Lipinski definition) is 3. The minimum Gasteiger partial charge on any atom is -0.349 e. The first-order valence-electron chi connectivity index (χ1n) is 5.33. The van der Waals surface area contributed by atoms with Gasteiger partial charge in [-0.15, -0.1) is 0 Å². The van der Waals surface area contributed by atoms with Gasteiger partial charge in [-0.2, -0.15) is 14.9 Å². The SMILES string of the molecule is Cc1[nH]c(Cl)c2cnn(-c3cnn(C)c3)c(=O)c12. The van der Waals surface area contributed by atoms with E-state index in [0.29, 0.717) is 21.6 Å². The van der Waals surface area contributed by atoms with Crippen LogP contribution in [0.1, 0.15) is 5.69 Å². The molecule has 0 saturated carbocycles. The fourth-order valence-electron chi connectivity index (χ4n) is 1.98. The van der Waals surface area contributed by atoms with Crippen LogP contribution in [0.5, 0.6) is 0 Å². The summed E-state index contributed by atoms with van der Waals surface area (Å²) < 4.78 is 2.93. The van der Waals surface area contributed by atoms with E-state index in [4.69, 9.17) is 11.6 Å². The minimum absolute atomic E-state index is 0.207. The summed E-state index contributed by atoms with van der Waals surface area (Å²) in [5, 5.41) is 9.76. The lowest BCUT2D eigenvalue weighted by molar-refractivity contribution is 0.764. The predicted octanol–water partition coefficient (Wildman–Crippen LogP) is 1.41. The summed E-state index contributed by atoms with van der Waals surface area (Å²) >= 11 is 5.99. The summed E-state index contributed by atoms with van der Waals surface area (Å²) in [6, 6.07) is 0. The first kappa shape index (κ1) is 11.0. The molecule has 0 amide bonds. The van der Waals surface area contributed by atoms with Crippen LogP contribution in [0.15, 0.2) is 23.4 Å². The second kappa shape index (κ2) is 3.71. The van der Waals surface area contributed by atoms with Gasteiger partial charge >= 0.3 is 0 Å². The molecule has 0 atom stereocenters. The van der Waals surface area contributed by atoms with E-state index in [0.717, 1.165) is 5.69 Å². The van der Waals surface area contributed by atoms with Gasteiger partial charge in [0.15, 0.2) is 0 Å². The number of nitrogens with one attached hydrogen (secondary N) is 1. The molecule has 6 nitrogen and oxygen atoms in total. The third kappa shape index (κ3) is 1.46. The number of fused-ring (bicyclic) bond motifs is 1. The van der Waals surface area contributed by atoms with Gasteiger partial charge in [-0.3, -0.25) is 9.48 Å². The predicted molar refractivity (Wildman–Crippen MR) is 68.2 cm³/mol. The highest BCUT2D eigenvalue weighted by atomic mass is 35.5. The van der Waals surface area contributed by atoms with Crippen LogP contribution in [-0.4, -0.2) is 24.5 Å². The molecule has 0 aliphatic rings. The Morgan fingerprint density at radius 3 is 2.78 bits per heavy atom. The standard InChI is InChI=1S/C11H10ClN5O/c1-6-9-8(10(12)15-6)4-14-17(11(9)18)7-3-13-16(2)5-7/h3-5,15H,1-2H3. The molecule has 3 aromatic heterocycles. The molecule has 0 aliphatic carbocycles. The lowest BCUT2D eigenvalue weighted by Crippen LogP contribution is -2.20. The summed E-state index contributed by atoms with van der Waals surface area (Å²) in [5.41, 5.74) is 1.15. The van der Waals surface area contributed by atoms with E-state index in [1.54, 1.807) is 30.3 Å². The fraction of sp³-hybridized carbons (Fsp3) is 0.182. The highest BCUT2D eigenvalue weighted by Gasteiger charge is 2.13. The van der Waals surface area contributed by atoms with Crippen LogP contribution in [0, 0.1) is 6.92 Å². The lowest BCUT2D eigenvalue weighted by atomic mass is 10.2. The Hall–Kier alpha value is -2.08. The molecule has 3 rings (SSSR count). The van der Waals surface area contributed by atoms with E-state index in [9.17, 15) is 4.79 Å². The fourth-order valence-corrected chi connectivity index (χ4v) is 2.26. The topological polar surface area (TPSA) is 68.5 Å². The van der Waals surface area contributed by atoms with Crippen LogP contribution in [0.2, 0.25) is 5.15 Å². The van der Waals surface area contributed by atoms with Crippen molar-refractivity contribution >= 4 is 22.4 Å². The first-order valence-corrected chi connectivity index (χ1v) is 5.71. The van der Waals surface area contributed by atoms with Gasteiger partial charge in [-0.1, -0.05) is 11.6 Å². The number of hydrogen-bond donors (Lipinski definition) is 1. The average molecular weight is 264 g/mol. The van der Waals surface area contributed by atoms with Gasteiger partial charge in [0.2, 0.25) is 0 Å². The molecule has 0 aromatic carbocycles. The van der Waals surface area contributed by atoms with Gasteiger partial charge in [0.1, 0.15) is 10.8 Å². The van der Waals surface area contributed by atoms with Crippen molar-refractivity contribution in [3.05, 3.63) is 39.8 Å². The Morgan fingerprint density at radius 2 is 2.11 bits per heavy atom. The van der Waals surface area contributed by atoms with Gasteiger partial charge in [0, 0.05) is 18.1 Å². The van der Waals surface area contributed by atoms with Crippen LogP contribution in [0.3, 0.4) is 0 Å². The molecule has 0 fully saturated rings. The molecule has 92 valence electrons. The average Bonchev–Trinajstić information content (AvgIpc) is 2.85. The van der Waals surface area contributed by atoms with Crippen molar-refractivity contribution in [2.24, 2.45) is 7.05 Å².